The lowest BCUT2D eigenvalue weighted by molar-refractivity contribution is 0.650. The lowest BCUT2D eigenvalue weighted by atomic mass is 10.1. The molecule has 0 fully saturated rings. The molecular weight excluding hydrogens is 397 g/mol. The van der Waals surface area contributed by atoms with E-state index in [1.165, 1.54) is 5.56 Å². The van der Waals surface area contributed by atoms with Crippen LogP contribution in [0, 0.1) is 0 Å². The number of aromatic nitrogens is 2. The summed E-state index contributed by atoms with van der Waals surface area (Å²) in [4.78, 5) is 8.25. The average molecular weight is 419 g/mol. The van der Waals surface area contributed by atoms with E-state index in [-0.39, 0.29) is 24.0 Å². The van der Waals surface area contributed by atoms with Crippen LogP contribution in [0.1, 0.15) is 18.4 Å². The summed E-state index contributed by atoms with van der Waals surface area (Å²) in [6.45, 7) is 4.79. The van der Waals surface area contributed by atoms with Crippen LogP contribution in [0.5, 0.6) is 0 Å². The zero-order valence-corrected chi connectivity index (χ0v) is 15.5. The molecule has 0 spiro atoms. The van der Waals surface area contributed by atoms with Gasteiger partial charge < -0.3 is 15.2 Å². The third kappa shape index (κ3) is 6.04. The van der Waals surface area contributed by atoms with E-state index in [0.29, 0.717) is 5.92 Å². The van der Waals surface area contributed by atoms with E-state index in [4.69, 9.17) is 0 Å². The second-order valence-electron chi connectivity index (χ2n) is 4.64. The number of nitrogens with one attached hydrogen (secondary N) is 2. The number of aliphatic imine (C=N–C) groups is 1. The third-order valence-corrected chi connectivity index (χ3v) is 3.83. The number of hydrogen-bond acceptors (Lipinski definition) is 3. The summed E-state index contributed by atoms with van der Waals surface area (Å²) in [5, 5.41) is 11.0. The minimum absolute atomic E-state index is 0. The summed E-state index contributed by atoms with van der Waals surface area (Å²) in [7, 11) is 1.79. The lowest BCUT2D eigenvalue weighted by Gasteiger charge is -2.15. The van der Waals surface area contributed by atoms with Crippen LogP contribution >= 0.6 is 35.3 Å². The molecule has 1 unspecified atom stereocenters. The Morgan fingerprint density at radius 2 is 2.33 bits per heavy atom. The fourth-order valence-electron chi connectivity index (χ4n) is 1.87. The van der Waals surface area contributed by atoms with Crippen molar-refractivity contribution in [1.82, 2.24) is 20.2 Å². The van der Waals surface area contributed by atoms with Crippen LogP contribution in [-0.2, 0) is 6.54 Å². The first-order chi connectivity index (χ1) is 9.79. The maximum atomic E-state index is 4.23. The van der Waals surface area contributed by atoms with Gasteiger partial charge in [-0.2, -0.15) is 11.3 Å². The molecule has 0 aliphatic heterocycles. The number of halogens is 1. The number of guanidine groups is 1. The zero-order chi connectivity index (χ0) is 14.2. The normalized spacial score (nSPS) is 12.6. The second kappa shape index (κ2) is 9.78. The molecule has 5 nitrogen and oxygen atoms in total. The number of thiophene rings is 1. The van der Waals surface area contributed by atoms with E-state index in [1.807, 2.05) is 17.1 Å². The van der Waals surface area contributed by atoms with E-state index >= 15 is 0 Å². The molecule has 0 aliphatic rings. The van der Waals surface area contributed by atoms with Gasteiger partial charge in [-0.15, -0.1) is 24.0 Å². The SMILES string of the molecule is CN=C(NCCn1ccnc1)NCC(C)c1ccsc1.I. The van der Waals surface area contributed by atoms with E-state index in [9.17, 15) is 0 Å². The highest BCUT2D eigenvalue weighted by Crippen LogP contribution is 2.16. The van der Waals surface area contributed by atoms with Gasteiger partial charge in [0.25, 0.3) is 0 Å². The topological polar surface area (TPSA) is 54.2 Å². The number of nitrogens with zero attached hydrogens (tertiary/aromatic N) is 3. The van der Waals surface area contributed by atoms with Crippen molar-refractivity contribution in [2.45, 2.75) is 19.4 Å². The van der Waals surface area contributed by atoms with Crippen molar-refractivity contribution < 1.29 is 0 Å². The summed E-state index contributed by atoms with van der Waals surface area (Å²) in [5.74, 6) is 1.32. The van der Waals surface area contributed by atoms with E-state index in [1.54, 1.807) is 24.6 Å². The summed E-state index contributed by atoms with van der Waals surface area (Å²) in [5.41, 5.74) is 1.37. The van der Waals surface area contributed by atoms with Gasteiger partial charge >= 0.3 is 0 Å². The first kappa shape index (κ1) is 18.0. The van der Waals surface area contributed by atoms with Crippen molar-refractivity contribution in [3.05, 3.63) is 41.1 Å². The minimum atomic E-state index is 0. The van der Waals surface area contributed by atoms with Gasteiger partial charge in [-0.05, 0) is 28.3 Å². The molecule has 0 saturated heterocycles. The molecule has 116 valence electrons. The minimum Gasteiger partial charge on any atom is -0.356 e. The molecule has 0 amide bonds. The van der Waals surface area contributed by atoms with Crippen molar-refractivity contribution in [2.24, 2.45) is 4.99 Å². The molecule has 2 heterocycles. The first-order valence-electron chi connectivity index (χ1n) is 6.72. The van der Waals surface area contributed by atoms with Crippen molar-refractivity contribution in [1.29, 1.82) is 0 Å². The van der Waals surface area contributed by atoms with E-state index < -0.39 is 0 Å². The third-order valence-electron chi connectivity index (χ3n) is 3.13. The number of imidazole rings is 1. The van der Waals surface area contributed by atoms with Crippen LogP contribution in [0.3, 0.4) is 0 Å². The second-order valence-corrected chi connectivity index (χ2v) is 5.42. The molecule has 1 atom stereocenters. The van der Waals surface area contributed by atoms with Crippen LogP contribution in [-0.4, -0.2) is 35.6 Å². The molecule has 2 aromatic heterocycles. The smallest absolute Gasteiger partial charge is 0.191 e. The summed E-state index contributed by atoms with van der Waals surface area (Å²) >= 11 is 1.74. The van der Waals surface area contributed by atoms with E-state index in [0.717, 1.165) is 25.6 Å². The molecule has 0 aromatic carbocycles. The van der Waals surface area contributed by atoms with Crippen LogP contribution in [0.25, 0.3) is 0 Å². The van der Waals surface area contributed by atoms with Crippen molar-refractivity contribution in [3.8, 4) is 0 Å². The Kier molecular flexibility index (Phi) is 8.36. The highest BCUT2D eigenvalue weighted by molar-refractivity contribution is 14.0. The van der Waals surface area contributed by atoms with Gasteiger partial charge in [-0.3, -0.25) is 4.99 Å². The Labute approximate surface area is 146 Å². The Bertz CT molecular complexity index is 509. The standard InChI is InChI=1S/C14H21N5S.HI/c1-12(13-3-8-20-10-13)9-18-14(15-2)17-5-7-19-6-4-16-11-19;/h3-4,6,8,10-12H,5,7,9H2,1-2H3,(H2,15,17,18);1H. The molecule has 0 radical (unpaired) electrons. The van der Waals surface area contributed by atoms with Gasteiger partial charge in [-0.25, -0.2) is 4.98 Å². The quantitative estimate of drug-likeness (QED) is 0.430. The van der Waals surface area contributed by atoms with Crippen LogP contribution < -0.4 is 10.6 Å². The lowest BCUT2D eigenvalue weighted by Crippen LogP contribution is -2.40. The molecule has 0 aliphatic carbocycles. The molecule has 2 rings (SSSR count). The van der Waals surface area contributed by atoms with Crippen molar-refractivity contribution in [2.75, 3.05) is 20.1 Å². The van der Waals surface area contributed by atoms with Gasteiger partial charge in [0.05, 0.1) is 6.33 Å². The summed E-state index contributed by atoms with van der Waals surface area (Å²) in [6.07, 6.45) is 5.56. The maximum Gasteiger partial charge on any atom is 0.191 e. The van der Waals surface area contributed by atoms with Gasteiger partial charge in [0.2, 0.25) is 0 Å². The van der Waals surface area contributed by atoms with Gasteiger partial charge in [0.1, 0.15) is 0 Å². The van der Waals surface area contributed by atoms with Crippen molar-refractivity contribution in [3.63, 3.8) is 0 Å². The Morgan fingerprint density at radius 3 is 2.95 bits per heavy atom. The molecule has 2 aromatic rings. The molecule has 2 N–H and O–H groups in total. The van der Waals surface area contributed by atoms with Crippen molar-refractivity contribution >= 4 is 41.3 Å². The predicted molar refractivity (Wildman–Crippen MR) is 99.7 cm³/mol. The highest BCUT2D eigenvalue weighted by Gasteiger charge is 2.06. The maximum absolute atomic E-state index is 4.23. The van der Waals surface area contributed by atoms with Crippen LogP contribution in [0.15, 0.2) is 40.5 Å². The van der Waals surface area contributed by atoms with Crippen LogP contribution in [0.2, 0.25) is 0 Å². The molecule has 0 bridgehead atoms. The van der Waals surface area contributed by atoms with Gasteiger partial charge in [0.15, 0.2) is 5.96 Å². The Hall–Kier alpha value is -1.09. The monoisotopic (exact) mass is 419 g/mol. The predicted octanol–water partition coefficient (Wildman–Crippen LogP) is 2.53. The molecule has 0 saturated carbocycles. The highest BCUT2D eigenvalue weighted by atomic mass is 127. The van der Waals surface area contributed by atoms with Gasteiger partial charge in [-0.1, -0.05) is 6.92 Å². The van der Waals surface area contributed by atoms with Gasteiger partial charge in [0, 0.05) is 39.1 Å². The van der Waals surface area contributed by atoms with E-state index in [2.05, 4.69) is 44.4 Å². The zero-order valence-electron chi connectivity index (χ0n) is 12.3. The average Bonchev–Trinajstić information content (AvgIpc) is 3.14. The fourth-order valence-corrected chi connectivity index (χ4v) is 2.65. The van der Waals surface area contributed by atoms with Crippen LogP contribution in [0.4, 0.5) is 0 Å². The number of rotatable bonds is 6. The largest absolute Gasteiger partial charge is 0.356 e. The molecule has 7 heteroatoms. The fraction of sp³-hybridized carbons (Fsp3) is 0.429. The first-order valence-corrected chi connectivity index (χ1v) is 7.66. The Morgan fingerprint density at radius 1 is 1.48 bits per heavy atom. The number of hydrogen-bond donors (Lipinski definition) is 2. The molecule has 21 heavy (non-hydrogen) atoms. The Balaban J connectivity index is 0.00000220. The molecular formula is C14H22IN5S. The summed E-state index contributed by atoms with van der Waals surface area (Å²) in [6, 6.07) is 2.17. The summed E-state index contributed by atoms with van der Waals surface area (Å²) < 4.78 is 2.04.